The molecule has 0 aliphatic carbocycles. The molecule has 1 atom stereocenters. The summed E-state index contributed by atoms with van der Waals surface area (Å²) in [6.45, 7) is 3.77. The molecule has 130 valence electrons. The predicted molar refractivity (Wildman–Crippen MR) is 108 cm³/mol. The van der Waals surface area contributed by atoms with Crippen LogP contribution in [0.5, 0.6) is 0 Å². The first kappa shape index (κ1) is 18.1. The Labute approximate surface area is 158 Å². The van der Waals surface area contributed by atoms with Gasteiger partial charge in [-0.1, -0.05) is 48.0 Å². The van der Waals surface area contributed by atoms with Crippen LogP contribution in [0.2, 0.25) is 5.02 Å². The highest BCUT2D eigenvalue weighted by molar-refractivity contribution is 7.99. The van der Waals surface area contributed by atoms with Crippen molar-refractivity contribution in [2.45, 2.75) is 18.6 Å². The Morgan fingerprint density at radius 3 is 2.68 bits per heavy atom. The quantitative estimate of drug-likeness (QED) is 0.676. The van der Waals surface area contributed by atoms with E-state index >= 15 is 0 Å². The molecule has 1 heterocycles. The number of carbonyl (C=O) groups is 1. The molecule has 0 saturated carbocycles. The third kappa shape index (κ3) is 4.90. The van der Waals surface area contributed by atoms with Gasteiger partial charge in [-0.15, -0.1) is 0 Å². The molecule has 1 unspecified atom stereocenters. The zero-order valence-corrected chi connectivity index (χ0v) is 15.9. The maximum absolute atomic E-state index is 12.5. The van der Waals surface area contributed by atoms with Crippen molar-refractivity contribution in [1.82, 2.24) is 4.90 Å². The van der Waals surface area contributed by atoms with Gasteiger partial charge < -0.3 is 4.90 Å². The lowest BCUT2D eigenvalue weighted by Gasteiger charge is -2.19. The van der Waals surface area contributed by atoms with Crippen LogP contribution in [0.1, 0.15) is 28.4 Å². The number of halogens is 1. The normalized spacial score (nSPS) is 18.3. The summed E-state index contributed by atoms with van der Waals surface area (Å²) in [5.41, 5.74) is 3.72. The number of hydrogen-bond donors (Lipinski definition) is 0. The van der Waals surface area contributed by atoms with Crippen molar-refractivity contribution in [2.24, 2.45) is 0 Å². The fraction of sp³-hybridized carbons (Fsp3) is 0.286. The van der Waals surface area contributed by atoms with E-state index in [1.807, 2.05) is 47.0 Å². The molecular formula is C21H22ClNOS. The average molecular weight is 372 g/mol. The fourth-order valence-electron chi connectivity index (χ4n) is 3.03. The highest BCUT2D eigenvalue weighted by Crippen LogP contribution is 2.35. The number of thioether (sulfide) groups is 1. The van der Waals surface area contributed by atoms with Crippen molar-refractivity contribution in [2.75, 3.05) is 18.8 Å². The molecule has 2 aromatic carbocycles. The van der Waals surface area contributed by atoms with Crippen LogP contribution in [0.3, 0.4) is 0 Å². The number of nitrogens with zero attached hydrogens (tertiary/aromatic N) is 1. The second-order valence-corrected chi connectivity index (χ2v) is 7.96. The summed E-state index contributed by atoms with van der Waals surface area (Å²) in [5, 5.41) is 1.18. The minimum Gasteiger partial charge on any atom is -0.338 e. The molecule has 3 rings (SSSR count). The second kappa shape index (κ2) is 8.59. The smallest absolute Gasteiger partial charge is 0.246 e. The SMILES string of the molecule is Cc1ccccc1C1CCN(C(=O)/C=C/c2ccc(Cl)cc2)CCS1. The Kier molecular flexibility index (Phi) is 6.22. The molecule has 1 aliphatic heterocycles. The van der Waals surface area contributed by atoms with Crippen molar-refractivity contribution in [3.63, 3.8) is 0 Å². The Balaban J connectivity index is 1.61. The van der Waals surface area contributed by atoms with Gasteiger partial charge in [-0.3, -0.25) is 4.79 Å². The summed E-state index contributed by atoms with van der Waals surface area (Å²) in [6.07, 6.45) is 4.52. The van der Waals surface area contributed by atoms with E-state index in [9.17, 15) is 4.79 Å². The molecule has 0 aromatic heterocycles. The lowest BCUT2D eigenvalue weighted by Crippen LogP contribution is -2.31. The molecule has 4 heteroatoms. The molecule has 0 spiro atoms. The van der Waals surface area contributed by atoms with E-state index < -0.39 is 0 Å². The molecular weight excluding hydrogens is 350 g/mol. The number of aryl methyl sites for hydroxylation is 1. The van der Waals surface area contributed by atoms with Gasteiger partial charge in [0.2, 0.25) is 5.91 Å². The molecule has 0 radical (unpaired) electrons. The first-order chi connectivity index (χ1) is 12.1. The third-order valence-electron chi connectivity index (χ3n) is 4.48. The molecule has 2 nitrogen and oxygen atoms in total. The van der Waals surface area contributed by atoms with Crippen LogP contribution in [0.15, 0.2) is 54.6 Å². The van der Waals surface area contributed by atoms with Crippen molar-refractivity contribution in [3.05, 3.63) is 76.3 Å². The van der Waals surface area contributed by atoms with E-state index in [1.54, 1.807) is 6.08 Å². The predicted octanol–water partition coefficient (Wildman–Crippen LogP) is 5.37. The molecule has 1 aliphatic rings. The highest BCUT2D eigenvalue weighted by atomic mass is 35.5. The van der Waals surface area contributed by atoms with Crippen molar-refractivity contribution in [3.8, 4) is 0 Å². The van der Waals surface area contributed by atoms with E-state index in [0.29, 0.717) is 10.3 Å². The highest BCUT2D eigenvalue weighted by Gasteiger charge is 2.21. The Morgan fingerprint density at radius 1 is 1.16 bits per heavy atom. The number of benzene rings is 2. The van der Waals surface area contributed by atoms with Crippen molar-refractivity contribution in [1.29, 1.82) is 0 Å². The van der Waals surface area contributed by atoms with Crippen LogP contribution >= 0.6 is 23.4 Å². The molecule has 1 saturated heterocycles. The second-order valence-electron chi connectivity index (χ2n) is 6.21. The molecule has 0 N–H and O–H groups in total. The van der Waals surface area contributed by atoms with Crippen LogP contribution in [0, 0.1) is 6.92 Å². The zero-order chi connectivity index (χ0) is 17.6. The van der Waals surface area contributed by atoms with E-state index in [-0.39, 0.29) is 5.91 Å². The monoisotopic (exact) mass is 371 g/mol. The average Bonchev–Trinajstić information content (AvgIpc) is 2.87. The fourth-order valence-corrected chi connectivity index (χ4v) is 4.49. The van der Waals surface area contributed by atoms with Gasteiger partial charge in [-0.25, -0.2) is 0 Å². The van der Waals surface area contributed by atoms with Gasteiger partial charge in [0.15, 0.2) is 0 Å². The van der Waals surface area contributed by atoms with Crippen molar-refractivity contribution < 1.29 is 4.79 Å². The van der Waals surface area contributed by atoms with Gasteiger partial charge in [0, 0.05) is 35.2 Å². The molecule has 25 heavy (non-hydrogen) atoms. The maximum atomic E-state index is 12.5. The number of rotatable bonds is 3. The summed E-state index contributed by atoms with van der Waals surface area (Å²) in [6, 6.07) is 16.1. The van der Waals surface area contributed by atoms with Gasteiger partial charge >= 0.3 is 0 Å². The van der Waals surface area contributed by atoms with Crippen molar-refractivity contribution >= 4 is 35.3 Å². The summed E-state index contributed by atoms with van der Waals surface area (Å²) in [5.74, 6) is 1.06. The van der Waals surface area contributed by atoms with Gasteiger partial charge in [0.05, 0.1) is 0 Å². The van der Waals surface area contributed by atoms with Crippen LogP contribution in [-0.4, -0.2) is 29.6 Å². The number of hydrogen-bond acceptors (Lipinski definition) is 2. The van der Waals surface area contributed by atoms with E-state index in [2.05, 4.69) is 31.2 Å². The van der Waals surface area contributed by atoms with E-state index in [4.69, 9.17) is 11.6 Å². The van der Waals surface area contributed by atoms with E-state index in [1.165, 1.54) is 11.1 Å². The van der Waals surface area contributed by atoms with Gasteiger partial charge in [0.25, 0.3) is 0 Å². The minimum atomic E-state index is 0.0842. The number of amides is 1. The third-order valence-corrected chi connectivity index (χ3v) is 6.04. The standard InChI is InChI=1S/C21H22ClNOS/c1-16-4-2-3-5-19(16)20-12-13-23(14-15-25-20)21(24)11-8-17-6-9-18(22)10-7-17/h2-11,20H,12-15H2,1H3/b11-8+. The molecule has 2 aromatic rings. The summed E-state index contributed by atoms with van der Waals surface area (Å²) >= 11 is 7.84. The first-order valence-electron chi connectivity index (χ1n) is 8.53. The lowest BCUT2D eigenvalue weighted by atomic mass is 10.0. The Hall–Kier alpha value is -1.71. The van der Waals surface area contributed by atoms with Crippen LogP contribution in [-0.2, 0) is 4.79 Å². The van der Waals surface area contributed by atoms with Gasteiger partial charge in [-0.2, -0.15) is 11.8 Å². The zero-order valence-electron chi connectivity index (χ0n) is 14.3. The molecule has 1 amide bonds. The first-order valence-corrected chi connectivity index (χ1v) is 9.96. The van der Waals surface area contributed by atoms with Crippen LogP contribution in [0.25, 0.3) is 6.08 Å². The number of carbonyl (C=O) groups excluding carboxylic acids is 1. The summed E-state index contributed by atoms with van der Waals surface area (Å²) < 4.78 is 0. The van der Waals surface area contributed by atoms with Gasteiger partial charge in [0.1, 0.15) is 0 Å². The largest absolute Gasteiger partial charge is 0.338 e. The van der Waals surface area contributed by atoms with Gasteiger partial charge in [-0.05, 0) is 48.2 Å². The lowest BCUT2D eigenvalue weighted by molar-refractivity contribution is -0.125. The topological polar surface area (TPSA) is 20.3 Å². The Morgan fingerprint density at radius 2 is 1.92 bits per heavy atom. The minimum absolute atomic E-state index is 0.0842. The maximum Gasteiger partial charge on any atom is 0.246 e. The van der Waals surface area contributed by atoms with E-state index in [0.717, 1.165) is 30.8 Å². The Bertz CT molecular complexity index is 757. The van der Waals surface area contributed by atoms with Crippen LogP contribution < -0.4 is 0 Å². The van der Waals surface area contributed by atoms with Crippen LogP contribution in [0.4, 0.5) is 0 Å². The summed E-state index contributed by atoms with van der Waals surface area (Å²) in [4.78, 5) is 14.5. The molecule has 0 bridgehead atoms. The summed E-state index contributed by atoms with van der Waals surface area (Å²) in [7, 11) is 0. The molecule has 1 fully saturated rings.